The molecule has 0 radical (unpaired) electrons. The van der Waals surface area contributed by atoms with Crippen LogP contribution in [0.1, 0.15) is 32.1 Å². The largest absolute Gasteiger partial charge is 0.391 e. The molecule has 4 nitrogen and oxygen atoms in total. The van der Waals surface area contributed by atoms with Crippen LogP contribution in [-0.2, 0) is 6.54 Å². The van der Waals surface area contributed by atoms with E-state index < -0.39 is 23.3 Å². The second kappa shape index (κ2) is 6.12. The molecule has 22 heavy (non-hydrogen) atoms. The van der Waals surface area contributed by atoms with Crippen molar-refractivity contribution in [2.24, 2.45) is 5.92 Å². The molecular weight excluding hydrogens is 290 g/mol. The zero-order valence-corrected chi connectivity index (χ0v) is 12.1. The Balaban J connectivity index is 1.83. The highest BCUT2D eigenvalue weighted by Crippen LogP contribution is 2.28. The van der Waals surface area contributed by atoms with Gasteiger partial charge in [-0.15, -0.1) is 0 Å². The molecule has 1 aromatic heterocycles. The van der Waals surface area contributed by atoms with Crippen molar-refractivity contribution in [1.29, 1.82) is 0 Å². The van der Waals surface area contributed by atoms with E-state index in [0.29, 0.717) is 12.3 Å². The van der Waals surface area contributed by atoms with Crippen LogP contribution in [0, 0.1) is 17.6 Å². The molecule has 0 spiro atoms. The number of aliphatic hydroxyl groups excluding tert-OH is 1. The molecule has 0 unspecified atom stereocenters. The molecule has 2 aromatic rings. The summed E-state index contributed by atoms with van der Waals surface area (Å²) in [5.41, 5.74) is -0.347. The minimum atomic E-state index is -1.07. The summed E-state index contributed by atoms with van der Waals surface area (Å²) in [4.78, 5) is 16.3. The molecule has 0 aliphatic heterocycles. The topological polar surface area (TPSA) is 55.1 Å². The SMILES string of the molecule is O=c1c2cc(F)c(F)cc2ncn1C[C@@H](O)CC1CCCC1. The van der Waals surface area contributed by atoms with Crippen molar-refractivity contribution in [3.63, 3.8) is 0 Å². The molecule has 1 aliphatic rings. The Morgan fingerprint density at radius 2 is 1.95 bits per heavy atom. The molecule has 1 fully saturated rings. The van der Waals surface area contributed by atoms with Gasteiger partial charge in [0, 0.05) is 6.07 Å². The van der Waals surface area contributed by atoms with E-state index in [-0.39, 0.29) is 17.4 Å². The summed E-state index contributed by atoms with van der Waals surface area (Å²) in [6.45, 7) is 0.122. The Morgan fingerprint density at radius 3 is 2.68 bits per heavy atom. The number of hydrogen-bond donors (Lipinski definition) is 1. The quantitative estimate of drug-likeness (QED) is 0.944. The molecule has 6 heteroatoms. The predicted molar refractivity (Wildman–Crippen MR) is 78.5 cm³/mol. The second-order valence-corrected chi connectivity index (χ2v) is 6.03. The van der Waals surface area contributed by atoms with Crippen LogP contribution in [0.25, 0.3) is 10.9 Å². The normalized spacial score (nSPS) is 17.2. The van der Waals surface area contributed by atoms with Crippen molar-refractivity contribution in [2.45, 2.75) is 44.8 Å². The van der Waals surface area contributed by atoms with E-state index in [2.05, 4.69) is 4.98 Å². The lowest BCUT2D eigenvalue weighted by molar-refractivity contribution is 0.123. The highest BCUT2D eigenvalue weighted by atomic mass is 19.2. The van der Waals surface area contributed by atoms with Crippen LogP contribution in [-0.4, -0.2) is 20.8 Å². The standard InChI is InChI=1S/C16H18F2N2O2/c17-13-6-12-15(7-14(13)18)19-9-20(16(12)22)8-11(21)5-10-3-1-2-4-10/h6-7,9-11,21H,1-5,8H2/t11-/m0/s1. The van der Waals surface area contributed by atoms with Crippen molar-refractivity contribution in [2.75, 3.05) is 0 Å². The predicted octanol–water partition coefficient (Wildman–Crippen LogP) is 2.62. The molecule has 0 saturated heterocycles. The first-order valence-corrected chi connectivity index (χ1v) is 7.57. The van der Waals surface area contributed by atoms with Gasteiger partial charge in [-0.3, -0.25) is 9.36 Å². The van der Waals surface area contributed by atoms with Gasteiger partial charge in [-0.05, 0) is 18.4 Å². The Hall–Kier alpha value is -1.82. The fraction of sp³-hybridized carbons (Fsp3) is 0.500. The van der Waals surface area contributed by atoms with Crippen molar-refractivity contribution < 1.29 is 13.9 Å². The van der Waals surface area contributed by atoms with Gasteiger partial charge < -0.3 is 5.11 Å². The van der Waals surface area contributed by atoms with Gasteiger partial charge in [0.05, 0.1) is 29.9 Å². The van der Waals surface area contributed by atoms with Crippen LogP contribution in [0.2, 0.25) is 0 Å². The zero-order chi connectivity index (χ0) is 15.7. The lowest BCUT2D eigenvalue weighted by atomic mass is 10.00. The highest BCUT2D eigenvalue weighted by molar-refractivity contribution is 5.77. The zero-order valence-electron chi connectivity index (χ0n) is 12.1. The molecule has 0 amide bonds. The van der Waals surface area contributed by atoms with Crippen LogP contribution in [0.3, 0.4) is 0 Å². The van der Waals surface area contributed by atoms with E-state index in [0.717, 1.165) is 25.0 Å². The summed E-state index contributed by atoms with van der Waals surface area (Å²) in [7, 11) is 0. The van der Waals surface area contributed by atoms with Crippen molar-refractivity contribution in [1.82, 2.24) is 9.55 Å². The number of fused-ring (bicyclic) bond motifs is 1. The lowest BCUT2D eigenvalue weighted by Gasteiger charge is -2.16. The van der Waals surface area contributed by atoms with Gasteiger partial charge in [-0.2, -0.15) is 0 Å². The van der Waals surface area contributed by atoms with E-state index in [1.807, 2.05) is 0 Å². The van der Waals surface area contributed by atoms with E-state index in [1.165, 1.54) is 23.7 Å². The summed E-state index contributed by atoms with van der Waals surface area (Å²) >= 11 is 0. The van der Waals surface area contributed by atoms with E-state index in [4.69, 9.17) is 0 Å². The Labute approximate surface area is 126 Å². The summed E-state index contributed by atoms with van der Waals surface area (Å²) in [5.74, 6) is -1.60. The molecule has 1 saturated carbocycles. The third-order valence-corrected chi connectivity index (χ3v) is 4.35. The molecule has 118 valence electrons. The third kappa shape index (κ3) is 3.02. The lowest BCUT2D eigenvalue weighted by Crippen LogP contribution is -2.28. The molecule has 1 aromatic carbocycles. The van der Waals surface area contributed by atoms with Gasteiger partial charge in [0.15, 0.2) is 11.6 Å². The minimum absolute atomic E-state index is 0.0227. The van der Waals surface area contributed by atoms with Crippen molar-refractivity contribution >= 4 is 10.9 Å². The molecule has 1 heterocycles. The Morgan fingerprint density at radius 1 is 1.27 bits per heavy atom. The maximum Gasteiger partial charge on any atom is 0.261 e. The maximum absolute atomic E-state index is 13.3. The monoisotopic (exact) mass is 308 g/mol. The first kappa shape index (κ1) is 15.1. The molecule has 1 atom stereocenters. The number of hydrogen-bond acceptors (Lipinski definition) is 3. The number of nitrogens with zero attached hydrogens (tertiary/aromatic N) is 2. The van der Waals surface area contributed by atoms with Gasteiger partial charge in [-0.25, -0.2) is 13.8 Å². The summed E-state index contributed by atoms with van der Waals surface area (Å²) in [5, 5.41) is 10.2. The van der Waals surface area contributed by atoms with Gasteiger partial charge >= 0.3 is 0 Å². The van der Waals surface area contributed by atoms with Crippen LogP contribution in [0.4, 0.5) is 8.78 Å². The Bertz CT molecular complexity index is 739. The average Bonchev–Trinajstić information content (AvgIpc) is 2.97. The first-order valence-electron chi connectivity index (χ1n) is 7.57. The summed E-state index contributed by atoms with van der Waals surface area (Å²) in [6, 6.07) is 1.77. The van der Waals surface area contributed by atoms with Gasteiger partial charge in [0.1, 0.15) is 0 Å². The van der Waals surface area contributed by atoms with E-state index in [9.17, 15) is 18.7 Å². The van der Waals surface area contributed by atoms with Gasteiger partial charge in [-0.1, -0.05) is 25.7 Å². The van der Waals surface area contributed by atoms with Crippen molar-refractivity contribution in [3.8, 4) is 0 Å². The number of rotatable bonds is 4. The maximum atomic E-state index is 13.3. The highest BCUT2D eigenvalue weighted by Gasteiger charge is 2.19. The van der Waals surface area contributed by atoms with E-state index >= 15 is 0 Å². The van der Waals surface area contributed by atoms with Crippen LogP contribution in [0.15, 0.2) is 23.3 Å². The molecule has 1 N–H and O–H groups in total. The average molecular weight is 308 g/mol. The molecule has 3 rings (SSSR count). The number of aliphatic hydroxyl groups is 1. The number of halogens is 2. The summed E-state index contributed by atoms with van der Waals surface area (Å²) in [6.07, 6.45) is 5.92. The molecular formula is C16H18F2N2O2. The van der Waals surface area contributed by atoms with Crippen molar-refractivity contribution in [3.05, 3.63) is 40.4 Å². The number of aromatic nitrogens is 2. The second-order valence-electron chi connectivity index (χ2n) is 6.03. The third-order valence-electron chi connectivity index (χ3n) is 4.35. The van der Waals surface area contributed by atoms with Crippen LogP contribution >= 0.6 is 0 Å². The molecule has 1 aliphatic carbocycles. The fourth-order valence-electron chi connectivity index (χ4n) is 3.22. The van der Waals surface area contributed by atoms with Crippen LogP contribution < -0.4 is 5.56 Å². The number of benzene rings is 1. The van der Waals surface area contributed by atoms with Gasteiger partial charge in [0.2, 0.25) is 0 Å². The smallest absolute Gasteiger partial charge is 0.261 e. The minimum Gasteiger partial charge on any atom is -0.391 e. The summed E-state index contributed by atoms with van der Waals surface area (Å²) < 4.78 is 27.7. The Kier molecular flexibility index (Phi) is 4.20. The van der Waals surface area contributed by atoms with Crippen LogP contribution in [0.5, 0.6) is 0 Å². The first-order chi connectivity index (χ1) is 10.5. The molecule has 0 bridgehead atoms. The van der Waals surface area contributed by atoms with Gasteiger partial charge in [0.25, 0.3) is 5.56 Å². The van der Waals surface area contributed by atoms with E-state index in [1.54, 1.807) is 0 Å². The fourth-order valence-corrected chi connectivity index (χ4v) is 3.22.